The Labute approximate surface area is 232 Å². The van der Waals surface area contributed by atoms with Gasteiger partial charge in [-0.05, 0) is 73.6 Å². The molecule has 3 aliphatic rings. The second kappa shape index (κ2) is 11.8. The van der Waals surface area contributed by atoms with Gasteiger partial charge in [-0.2, -0.15) is 0 Å². The molecule has 3 aliphatic heterocycles. The van der Waals surface area contributed by atoms with E-state index in [-0.39, 0.29) is 12.1 Å². The van der Waals surface area contributed by atoms with E-state index in [1.165, 1.54) is 16.7 Å². The van der Waals surface area contributed by atoms with Crippen molar-refractivity contribution in [3.8, 4) is 5.75 Å². The summed E-state index contributed by atoms with van der Waals surface area (Å²) in [5, 5.41) is 3.11. The number of rotatable bonds is 8. The molecule has 2 amide bonds. The number of nitrogens with one attached hydrogen (secondary N) is 1. The molecule has 1 N–H and O–H groups in total. The number of anilines is 1. The van der Waals surface area contributed by atoms with Gasteiger partial charge in [0.25, 0.3) is 0 Å². The monoisotopic (exact) mass is 524 g/mol. The summed E-state index contributed by atoms with van der Waals surface area (Å²) in [5.74, 6) is 0.874. The molecule has 6 heteroatoms. The van der Waals surface area contributed by atoms with E-state index in [0.29, 0.717) is 12.1 Å². The molecule has 3 aromatic carbocycles. The highest BCUT2D eigenvalue weighted by molar-refractivity contribution is 5.90. The van der Waals surface area contributed by atoms with E-state index in [0.717, 1.165) is 76.4 Å². The summed E-state index contributed by atoms with van der Waals surface area (Å²) in [6.07, 6.45) is 4.46. The van der Waals surface area contributed by atoms with Gasteiger partial charge in [0.05, 0.1) is 0 Å². The Balaban J connectivity index is 0.931. The lowest BCUT2D eigenvalue weighted by Crippen LogP contribution is -2.50. The first-order valence-electron chi connectivity index (χ1n) is 14.5. The molecule has 0 aromatic heterocycles. The summed E-state index contributed by atoms with van der Waals surface area (Å²) in [6, 6.07) is 28.0. The largest absolute Gasteiger partial charge is 0.490 e. The number of carbonyl (C=O) groups is 1. The Morgan fingerprint density at radius 3 is 2.36 bits per heavy atom. The number of benzene rings is 3. The number of carbonyl (C=O) groups excluding carboxylic acids is 1. The zero-order valence-electron chi connectivity index (χ0n) is 23.0. The van der Waals surface area contributed by atoms with Crippen molar-refractivity contribution in [2.24, 2.45) is 0 Å². The van der Waals surface area contributed by atoms with Gasteiger partial charge >= 0.3 is 6.03 Å². The Bertz CT molecular complexity index is 1240. The number of urea groups is 1. The van der Waals surface area contributed by atoms with E-state index < -0.39 is 0 Å². The highest BCUT2D eigenvalue weighted by Crippen LogP contribution is 2.31. The van der Waals surface area contributed by atoms with Crippen molar-refractivity contribution in [2.45, 2.75) is 57.3 Å². The first kappa shape index (κ1) is 25.9. The van der Waals surface area contributed by atoms with E-state index in [4.69, 9.17) is 4.74 Å². The standard InChI is InChI=1S/C33H40N4O2/c1-25-7-5-6-10-27(25)15-20-36-23-30-21-29(36)24-37(30)33(38)34-28-11-13-31(14-12-28)39-32-16-18-35(19-17-32)22-26-8-3-2-4-9-26/h2-14,29-30,32H,15-24H2,1H3,(H,34,38). The second-order valence-electron chi connectivity index (χ2n) is 11.4. The van der Waals surface area contributed by atoms with Crippen LogP contribution >= 0.6 is 0 Å². The van der Waals surface area contributed by atoms with Crippen LogP contribution in [0.3, 0.4) is 0 Å². The Hall–Kier alpha value is -3.35. The minimum atomic E-state index is 0.0144. The maximum atomic E-state index is 13.1. The number of amides is 2. The zero-order valence-corrected chi connectivity index (χ0v) is 23.0. The molecule has 2 bridgehead atoms. The maximum absolute atomic E-state index is 13.1. The highest BCUT2D eigenvalue weighted by Gasteiger charge is 2.44. The number of nitrogens with zero attached hydrogens (tertiary/aromatic N) is 3. The maximum Gasteiger partial charge on any atom is 0.322 e. The third-order valence-corrected chi connectivity index (χ3v) is 8.74. The number of hydrogen-bond donors (Lipinski definition) is 1. The van der Waals surface area contributed by atoms with Crippen molar-refractivity contribution in [3.63, 3.8) is 0 Å². The number of likely N-dealkylation sites (tertiary alicyclic amines) is 3. The first-order chi connectivity index (χ1) is 19.1. The summed E-state index contributed by atoms with van der Waals surface area (Å²) in [6.45, 7) is 8.15. The van der Waals surface area contributed by atoms with Crippen LogP contribution < -0.4 is 10.1 Å². The van der Waals surface area contributed by atoms with Crippen LogP contribution in [-0.4, -0.2) is 71.6 Å². The smallest absolute Gasteiger partial charge is 0.322 e. The minimum Gasteiger partial charge on any atom is -0.490 e. The van der Waals surface area contributed by atoms with Crippen LogP contribution in [0.5, 0.6) is 5.75 Å². The molecule has 3 heterocycles. The van der Waals surface area contributed by atoms with Crippen LogP contribution in [-0.2, 0) is 13.0 Å². The van der Waals surface area contributed by atoms with E-state index in [1.54, 1.807) is 0 Å². The minimum absolute atomic E-state index is 0.0144. The summed E-state index contributed by atoms with van der Waals surface area (Å²) in [5.41, 5.74) is 4.98. The molecule has 6 nitrogen and oxygen atoms in total. The first-order valence-corrected chi connectivity index (χ1v) is 14.5. The van der Waals surface area contributed by atoms with E-state index in [2.05, 4.69) is 76.6 Å². The van der Waals surface area contributed by atoms with E-state index >= 15 is 0 Å². The second-order valence-corrected chi connectivity index (χ2v) is 11.4. The molecule has 204 valence electrons. The molecule has 3 fully saturated rings. The average Bonchev–Trinajstić information content (AvgIpc) is 3.57. The van der Waals surface area contributed by atoms with Crippen LogP contribution in [0, 0.1) is 6.92 Å². The van der Waals surface area contributed by atoms with Gasteiger partial charge in [-0.1, -0.05) is 54.6 Å². The van der Waals surface area contributed by atoms with Gasteiger partial charge < -0.3 is 15.0 Å². The molecule has 0 saturated carbocycles. The van der Waals surface area contributed by atoms with Crippen molar-refractivity contribution in [2.75, 3.05) is 38.0 Å². The van der Waals surface area contributed by atoms with Gasteiger partial charge in [-0.3, -0.25) is 9.80 Å². The lowest BCUT2D eigenvalue weighted by molar-refractivity contribution is 0.0968. The van der Waals surface area contributed by atoms with Crippen LogP contribution in [0.15, 0.2) is 78.9 Å². The Morgan fingerprint density at radius 1 is 0.897 bits per heavy atom. The van der Waals surface area contributed by atoms with Gasteiger partial charge in [0, 0.05) is 57.0 Å². The number of aryl methyl sites for hydroxylation is 1. The van der Waals surface area contributed by atoms with Gasteiger partial charge in [0.2, 0.25) is 0 Å². The Kier molecular flexibility index (Phi) is 7.84. The summed E-state index contributed by atoms with van der Waals surface area (Å²) < 4.78 is 6.27. The quantitative estimate of drug-likeness (QED) is 0.419. The highest BCUT2D eigenvalue weighted by atomic mass is 16.5. The van der Waals surface area contributed by atoms with Crippen LogP contribution in [0.2, 0.25) is 0 Å². The number of piperidine rings is 1. The summed E-state index contributed by atoms with van der Waals surface area (Å²) in [4.78, 5) is 20.2. The van der Waals surface area contributed by atoms with Crippen molar-refractivity contribution in [3.05, 3.63) is 95.6 Å². The lowest BCUT2D eigenvalue weighted by Gasteiger charge is -2.34. The summed E-state index contributed by atoms with van der Waals surface area (Å²) >= 11 is 0. The fourth-order valence-electron chi connectivity index (χ4n) is 6.46. The topological polar surface area (TPSA) is 48.1 Å². The number of hydrogen-bond acceptors (Lipinski definition) is 4. The van der Waals surface area contributed by atoms with Gasteiger partial charge in [0.1, 0.15) is 11.9 Å². The lowest BCUT2D eigenvalue weighted by atomic mass is 10.1. The predicted molar refractivity (Wildman–Crippen MR) is 156 cm³/mol. The third kappa shape index (κ3) is 6.29. The number of fused-ring (bicyclic) bond motifs is 2. The molecular weight excluding hydrogens is 484 g/mol. The molecule has 6 rings (SSSR count). The molecule has 0 spiro atoms. The molecule has 2 unspecified atom stereocenters. The average molecular weight is 525 g/mol. The van der Waals surface area contributed by atoms with Gasteiger partial charge in [0.15, 0.2) is 0 Å². The van der Waals surface area contributed by atoms with Crippen LogP contribution in [0.4, 0.5) is 10.5 Å². The molecule has 3 saturated heterocycles. The van der Waals surface area contributed by atoms with Crippen molar-refractivity contribution in [1.29, 1.82) is 0 Å². The normalized spacial score (nSPS) is 21.8. The fraction of sp³-hybridized carbons (Fsp3) is 0.424. The van der Waals surface area contributed by atoms with E-state index in [1.807, 2.05) is 29.2 Å². The van der Waals surface area contributed by atoms with E-state index in [9.17, 15) is 4.79 Å². The fourth-order valence-corrected chi connectivity index (χ4v) is 6.46. The number of piperazine rings is 1. The zero-order chi connectivity index (χ0) is 26.6. The van der Waals surface area contributed by atoms with Crippen LogP contribution in [0.25, 0.3) is 0 Å². The van der Waals surface area contributed by atoms with Crippen molar-refractivity contribution < 1.29 is 9.53 Å². The van der Waals surface area contributed by atoms with Crippen molar-refractivity contribution >= 4 is 11.7 Å². The molecule has 3 aromatic rings. The van der Waals surface area contributed by atoms with Crippen LogP contribution in [0.1, 0.15) is 36.0 Å². The number of ether oxygens (including phenoxy) is 1. The van der Waals surface area contributed by atoms with Crippen molar-refractivity contribution in [1.82, 2.24) is 14.7 Å². The molecule has 39 heavy (non-hydrogen) atoms. The van der Waals surface area contributed by atoms with Gasteiger partial charge in [-0.15, -0.1) is 0 Å². The summed E-state index contributed by atoms with van der Waals surface area (Å²) in [7, 11) is 0. The predicted octanol–water partition coefficient (Wildman–Crippen LogP) is 5.57. The Morgan fingerprint density at radius 2 is 1.64 bits per heavy atom. The molecule has 0 radical (unpaired) electrons. The molecular formula is C33H40N4O2. The third-order valence-electron chi connectivity index (χ3n) is 8.74. The molecule has 2 atom stereocenters. The molecule has 0 aliphatic carbocycles. The van der Waals surface area contributed by atoms with Gasteiger partial charge in [-0.25, -0.2) is 4.79 Å². The SMILES string of the molecule is Cc1ccccc1CCN1CC2CC1CN2C(=O)Nc1ccc(OC2CCN(Cc3ccccc3)CC2)cc1.